The Hall–Kier alpha value is -1.24. The number of aromatic nitrogens is 2. The normalized spacial score (nSPS) is 24.8. The third-order valence-electron chi connectivity index (χ3n) is 2.47. The van der Waals surface area contributed by atoms with Crippen LogP contribution in [0.25, 0.3) is 0 Å². The molecule has 1 aliphatic heterocycles. The van der Waals surface area contributed by atoms with E-state index in [0.717, 1.165) is 0 Å². The van der Waals surface area contributed by atoms with Crippen LogP contribution in [0.3, 0.4) is 0 Å². The summed E-state index contributed by atoms with van der Waals surface area (Å²) in [5, 5.41) is 0. The van der Waals surface area contributed by atoms with Gasteiger partial charge in [-0.1, -0.05) is 0 Å². The molecule has 2 atom stereocenters. The van der Waals surface area contributed by atoms with Gasteiger partial charge >= 0.3 is 0 Å². The quantitative estimate of drug-likeness (QED) is 0.867. The number of primary amides is 1. The van der Waals surface area contributed by atoms with E-state index < -0.39 is 18.1 Å². The summed E-state index contributed by atoms with van der Waals surface area (Å²) in [6.07, 6.45) is 2.06. The Morgan fingerprint density at radius 3 is 3.00 bits per heavy atom. The number of halogens is 2. The molecule has 1 saturated heterocycles. The molecule has 0 aliphatic carbocycles. The van der Waals surface area contributed by atoms with Crippen LogP contribution in [-0.4, -0.2) is 34.6 Å². The minimum absolute atomic E-state index is 0.115. The number of nitrogens with two attached hydrogens (primary N) is 1. The molecule has 0 saturated carbocycles. The van der Waals surface area contributed by atoms with Crippen molar-refractivity contribution < 1.29 is 9.18 Å². The topological polar surface area (TPSA) is 72.1 Å². The van der Waals surface area contributed by atoms with E-state index in [0.29, 0.717) is 10.4 Å². The van der Waals surface area contributed by atoms with Crippen LogP contribution < -0.4 is 10.6 Å². The standard InChI is InChI=1S/C9H10BrFN4O/c10-7-2-13-3-8(14-7)15-4-5(11)1-6(15)9(12)16/h2-3,5-6H,1,4H2,(H2,12,16). The van der Waals surface area contributed by atoms with Crippen LogP contribution in [0.5, 0.6) is 0 Å². The van der Waals surface area contributed by atoms with Crippen molar-refractivity contribution in [2.75, 3.05) is 11.4 Å². The number of carbonyl (C=O) groups excluding carboxylic acids is 1. The van der Waals surface area contributed by atoms with Gasteiger partial charge in [-0.05, 0) is 15.9 Å². The van der Waals surface area contributed by atoms with Crippen molar-refractivity contribution in [3.63, 3.8) is 0 Å². The molecule has 1 fully saturated rings. The van der Waals surface area contributed by atoms with Crippen molar-refractivity contribution in [3.8, 4) is 0 Å². The molecule has 0 bridgehead atoms. The zero-order valence-corrected chi connectivity index (χ0v) is 9.89. The van der Waals surface area contributed by atoms with Crippen molar-refractivity contribution in [2.45, 2.75) is 18.6 Å². The van der Waals surface area contributed by atoms with E-state index in [9.17, 15) is 9.18 Å². The van der Waals surface area contributed by atoms with Gasteiger partial charge in [-0.25, -0.2) is 9.37 Å². The maximum absolute atomic E-state index is 13.3. The zero-order valence-electron chi connectivity index (χ0n) is 8.31. The number of anilines is 1. The van der Waals surface area contributed by atoms with E-state index in [1.54, 1.807) is 4.90 Å². The Morgan fingerprint density at radius 2 is 2.38 bits per heavy atom. The fourth-order valence-electron chi connectivity index (χ4n) is 1.78. The van der Waals surface area contributed by atoms with Crippen molar-refractivity contribution in [2.24, 2.45) is 5.73 Å². The molecule has 2 rings (SSSR count). The van der Waals surface area contributed by atoms with Crippen LogP contribution in [0.1, 0.15) is 6.42 Å². The van der Waals surface area contributed by atoms with Gasteiger partial charge in [0.25, 0.3) is 0 Å². The Kier molecular flexibility index (Phi) is 3.04. The molecular formula is C9H10BrFN4O. The third kappa shape index (κ3) is 2.13. The van der Waals surface area contributed by atoms with Crippen molar-refractivity contribution in [1.82, 2.24) is 9.97 Å². The highest BCUT2D eigenvalue weighted by Crippen LogP contribution is 2.25. The second-order valence-corrected chi connectivity index (χ2v) is 4.42. The molecule has 0 spiro atoms. The lowest BCUT2D eigenvalue weighted by Gasteiger charge is -2.22. The fraction of sp³-hybridized carbons (Fsp3) is 0.444. The van der Waals surface area contributed by atoms with Gasteiger partial charge in [0.2, 0.25) is 5.91 Å². The van der Waals surface area contributed by atoms with Gasteiger partial charge in [0.1, 0.15) is 22.6 Å². The third-order valence-corrected chi connectivity index (χ3v) is 2.85. The van der Waals surface area contributed by atoms with Gasteiger partial charge in [-0.3, -0.25) is 9.78 Å². The number of carbonyl (C=O) groups is 1. The first kappa shape index (κ1) is 11.3. The number of hydrogen-bond acceptors (Lipinski definition) is 4. The van der Waals surface area contributed by atoms with Gasteiger partial charge in [-0.15, -0.1) is 0 Å². The largest absolute Gasteiger partial charge is 0.368 e. The van der Waals surface area contributed by atoms with Crippen LogP contribution in [0.4, 0.5) is 10.2 Å². The number of amides is 1. The van der Waals surface area contributed by atoms with E-state index in [1.807, 2.05) is 0 Å². The predicted molar refractivity (Wildman–Crippen MR) is 59.6 cm³/mol. The fourth-order valence-corrected chi connectivity index (χ4v) is 2.08. The first-order valence-electron chi connectivity index (χ1n) is 4.75. The smallest absolute Gasteiger partial charge is 0.240 e. The molecule has 16 heavy (non-hydrogen) atoms. The minimum Gasteiger partial charge on any atom is -0.368 e. The van der Waals surface area contributed by atoms with E-state index in [4.69, 9.17) is 5.73 Å². The number of nitrogens with zero attached hydrogens (tertiary/aromatic N) is 3. The molecule has 0 radical (unpaired) electrons. The zero-order chi connectivity index (χ0) is 11.7. The Balaban J connectivity index is 2.28. The maximum Gasteiger partial charge on any atom is 0.240 e. The molecule has 0 aromatic carbocycles. The van der Waals surface area contributed by atoms with Crippen LogP contribution in [0, 0.1) is 0 Å². The molecule has 86 valence electrons. The molecule has 1 aromatic heterocycles. The highest BCUT2D eigenvalue weighted by molar-refractivity contribution is 9.10. The van der Waals surface area contributed by atoms with E-state index in [1.165, 1.54) is 12.4 Å². The first-order chi connectivity index (χ1) is 7.58. The average Bonchev–Trinajstić information content (AvgIpc) is 2.60. The van der Waals surface area contributed by atoms with Crippen molar-refractivity contribution in [3.05, 3.63) is 17.0 Å². The number of rotatable bonds is 2. The second-order valence-electron chi connectivity index (χ2n) is 3.60. The minimum atomic E-state index is -1.06. The van der Waals surface area contributed by atoms with E-state index in [-0.39, 0.29) is 13.0 Å². The first-order valence-corrected chi connectivity index (χ1v) is 5.55. The molecule has 1 aromatic rings. The monoisotopic (exact) mass is 288 g/mol. The van der Waals surface area contributed by atoms with Crippen LogP contribution in [0.2, 0.25) is 0 Å². The summed E-state index contributed by atoms with van der Waals surface area (Å²) in [5.41, 5.74) is 5.22. The van der Waals surface area contributed by atoms with Crippen LogP contribution in [-0.2, 0) is 4.79 Å². The molecule has 2 heterocycles. The van der Waals surface area contributed by atoms with Crippen LogP contribution >= 0.6 is 15.9 Å². The van der Waals surface area contributed by atoms with Gasteiger partial charge in [0.05, 0.1) is 18.9 Å². The molecule has 1 amide bonds. The number of hydrogen-bond donors (Lipinski definition) is 1. The molecular weight excluding hydrogens is 279 g/mol. The Labute approximate surface area is 100.0 Å². The molecule has 2 N–H and O–H groups in total. The highest BCUT2D eigenvalue weighted by Gasteiger charge is 2.36. The van der Waals surface area contributed by atoms with Gasteiger partial charge in [-0.2, -0.15) is 0 Å². The lowest BCUT2D eigenvalue weighted by molar-refractivity contribution is -0.119. The molecule has 7 heteroatoms. The highest BCUT2D eigenvalue weighted by atomic mass is 79.9. The van der Waals surface area contributed by atoms with E-state index >= 15 is 0 Å². The van der Waals surface area contributed by atoms with E-state index in [2.05, 4.69) is 25.9 Å². The summed E-state index contributed by atoms with van der Waals surface area (Å²) in [5.74, 6) is -0.0831. The maximum atomic E-state index is 13.3. The summed E-state index contributed by atoms with van der Waals surface area (Å²) >= 11 is 3.17. The summed E-state index contributed by atoms with van der Waals surface area (Å²) in [6, 6.07) is -0.640. The van der Waals surface area contributed by atoms with Crippen LogP contribution in [0.15, 0.2) is 17.0 Å². The molecule has 5 nitrogen and oxygen atoms in total. The summed E-state index contributed by atoms with van der Waals surface area (Å²) in [6.45, 7) is 0.124. The lowest BCUT2D eigenvalue weighted by atomic mass is 10.2. The lowest BCUT2D eigenvalue weighted by Crippen LogP contribution is -2.40. The molecule has 2 unspecified atom stereocenters. The van der Waals surface area contributed by atoms with Gasteiger partial charge in [0.15, 0.2) is 0 Å². The second kappa shape index (κ2) is 4.32. The molecule has 1 aliphatic rings. The average molecular weight is 289 g/mol. The van der Waals surface area contributed by atoms with Crippen molar-refractivity contribution in [1.29, 1.82) is 0 Å². The number of alkyl halides is 1. The summed E-state index contributed by atoms with van der Waals surface area (Å²) in [4.78, 5) is 20.8. The SMILES string of the molecule is NC(=O)C1CC(F)CN1c1cncc(Br)n1. The predicted octanol–water partition coefficient (Wildman–Crippen LogP) is 0.641. The van der Waals surface area contributed by atoms with Crippen molar-refractivity contribution >= 4 is 27.7 Å². The summed E-state index contributed by atoms with van der Waals surface area (Å²) in [7, 11) is 0. The summed E-state index contributed by atoms with van der Waals surface area (Å²) < 4.78 is 13.8. The van der Waals surface area contributed by atoms with Gasteiger partial charge < -0.3 is 10.6 Å². The Morgan fingerprint density at radius 1 is 1.62 bits per heavy atom. The Bertz CT molecular complexity index is 416. The van der Waals surface area contributed by atoms with Gasteiger partial charge in [0, 0.05) is 6.42 Å².